The third-order valence-electron chi connectivity index (χ3n) is 3.43. The summed E-state index contributed by atoms with van der Waals surface area (Å²) in [4.78, 5) is 4.17. The molecule has 0 bridgehead atoms. The molecule has 0 saturated carbocycles. The van der Waals surface area contributed by atoms with E-state index in [9.17, 15) is 0 Å². The largest absolute Gasteiger partial charge is 0.381 e. The van der Waals surface area contributed by atoms with E-state index in [4.69, 9.17) is 0 Å². The smallest absolute Gasteiger partial charge is 0.0406 e. The first kappa shape index (κ1) is 13.1. The molecular formula is C17H15BrN2. The Balaban J connectivity index is 1.85. The van der Waals surface area contributed by atoms with Crippen LogP contribution >= 0.6 is 15.9 Å². The molecule has 1 heterocycles. The maximum Gasteiger partial charge on any atom is 0.0406 e. The highest BCUT2D eigenvalue weighted by Crippen LogP contribution is 2.22. The first-order valence-electron chi connectivity index (χ1n) is 6.56. The first-order valence-corrected chi connectivity index (χ1v) is 7.35. The highest BCUT2D eigenvalue weighted by Gasteiger charge is 2.01. The Labute approximate surface area is 127 Å². The van der Waals surface area contributed by atoms with Gasteiger partial charge in [-0.2, -0.15) is 0 Å². The number of pyridine rings is 1. The van der Waals surface area contributed by atoms with Crippen molar-refractivity contribution in [3.63, 3.8) is 0 Å². The highest BCUT2D eigenvalue weighted by molar-refractivity contribution is 9.10. The second kappa shape index (κ2) is 5.63. The van der Waals surface area contributed by atoms with Gasteiger partial charge in [-0.1, -0.05) is 40.2 Å². The van der Waals surface area contributed by atoms with Crippen LogP contribution in [0.15, 0.2) is 59.3 Å². The van der Waals surface area contributed by atoms with Gasteiger partial charge in [0.2, 0.25) is 0 Å². The summed E-state index contributed by atoms with van der Waals surface area (Å²) in [6.45, 7) is 2.89. The van der Waals surface area contributed by atoms with Gasteiger partial charge in [-0.3, -0.25) is 4.98 Å². The summed E-state index contributed by atoms with van der Waals surface area (Å²) in [6.07, 6.45) is 3.75. The summed E-state index contributed by atoms with van der Waals surface area (Å²) >= 11 is 3.56. The molecule has 1 N–H and O–H groups in total. The molecule has 0 atom stereocenters. The molecule has 0 radical (unpaired) electrons. The van der Waals surface area contributed by atoms with Crippen molar-refractivity contribution < 1.29 is 0 Å². The molecule has 2 nitrogen and oxygen atoms in total. The minimum Gasteiger partial charge on any atom is -0.381 e. The minimum absolute atomic E-state index is 0.802. The normalized spacial score (nSPS) is 10.7. The average molecular weight is 327 g/mol. The van der Waals surface area contributed by atoms with Crippen LogP contribution in [0.25, 0.3) is 10.8 Å². The van der Waals surface area contributed by atoms with Crippen LogP contribution in [0.1, 0.15) is 11.1 Å². The van der Waals surface area contributed by atoms with Crippen LogP contribution in [0, 0.1) is 6.92 Å². The number of aryl methyl sites for hydroxylation is 1. The topological polar surface area (TPSA) is 24.9 Å². The van der Waals surface area contributed by atoms with Crippen molar-refractivity contribution >= 4 is 32.4 Å². The van der Waals surface area contributed by atoms with Crippen LogP contribution in [0.3, 0.4) is 0 Å². The van der Waals surface area contributed by atoms with Gasteiger partial charge >= 0.3 is 0 Å². The fourth-order valence-corrected chi connectivity index (χ4v) is 2.62. The van der Waals surface area contributed by atoms with Crippen molar-refractivity contribution in [3.05, 3.63) is 70.5 Å². The average Bonchev–Trinajstić information content (AvgIpc) is 2.48. The molecule has 0 amide bonds. The number of anilines is 1. The molecule has 0 aliphatic heterocycles. The second-order valence-electron chi connectivity index (χ2n) is 4.83. The predicted molar refractivity (Wildman–Crippen MR) is 87.9 cm³/mol. The number of rotatable bonds is 3. The van der Waals surface area contributed by atoms with E-state index < -0.39 is 0 Å². The molecule has 0 aliphatic carbocycles. The number of benzene rings is 2. The number of aromatic nitrogens is 1. The fourth-order valence-electron chi connectivity index (χ4n) is 2.24. The van der Waals surface area contributed by atoms with Gasteiger partial charge in [0, 0.05) is 34.5 Å². The van der Waals surface area contributed by atoms with E-state index in [0.717, 1.165) is 16.7 Å². The Morgan fingerprint density at radius 3 is 2.90 bits per heavy atom. The second-order valence-corrected chi connectivity index (χ2v) is 5.69. The molecule has 0 aliphatic rings. The Hall–Kier alpha value is -1.87. The standard InChI is InChI=1S/C17H15BrN2/c1-12-5-6-15(9-17(12)18)20-11-14-4-2-3-13-10-19-8-7-16(13)14/h2-10,20H,11H2,1H3. The van der Waals surface area contributed by atoms with Crippen LogP contribution < -0.4 is 5.32 Å². The molecule has 3 aromatic rings. The predicted octanol–water partition coefficient (Wildman–Crippen LogP) is 4.92. The molecule has 0 spiro atoms. The Kier molecular flexibility index (Phi) is 3.70. The summed E-state index contributed by atoms with van der Waals surface area (Å²) in [5.74, 6) is 0. The maximum atomic E-state index is 4.17. The SMILES string of the molecule is Cc1ccc(NCc2cccc3cnccc23)cc1Br. The summed E-state index contributed by atoms with van der Waals surface area (Å²) in [5, 5.41) is 5.90. The zero-order valence-electron chi connectivity index (χ0n) is 11.2. The molecule has 0 fully saturated rings. The lowest BCUT2D eigenvalue weighted by molar-refractivity contribution is 1.16. The zero-order valence-corrected chi connectivity index (χ0v) is 12.8. The molecule has 20 heavy (non-hydrogen) atoms. The van der Waals surface area contributed by atoms with Crippen molar-refractivity contribution in [2.75, 3.05) is 5.32 Å². The van der Waals surface area contributed by atoms with Crippen LogP contribution in [0.2, 0.25) is 0 Å². The molecule has 1 aromatic heterocycles. The molecule has 3 heteroatoms. The minimum atomic E-state index is 0.802. The molecule has 2 aromatic carbocycles. The maximum absolute atomic E-state index is 4.17. The lowest BCUT2D eigenvalue weighted by Gasteiger charge is -2.10. The lowest BCUT2D eigenvalue weighted by Crippen LogP contribution is -2.00. The van der Waals surface area contributed by atoms with Crippen LogP contribution in [-0.2, 0) is 6.54 Å². The summed E-state index contributed by atoms with van der Waals surface area (Å²) < 4.78 is 1.13. The Morgan fingerprint density at radius 2 is 2.05 bits per heavy atom. The van der Waals surface area contributed by atoms with Crippen molar-refractivity contribution in [2.24, 2.45) is 0 Å². The number of fused-ring (bicyclic) bond motifs is 1. The third-order valence-corrected chi connectivity index (χ3v) is 4.28. The van der Waals surface area contributed by atoms with E-state index in [2.05, 4.69) is 75.6 Å². The number of hydrogen-bond acceptors (Lipinski definition) is 2. The number of nitrogens with one attached hydrogen (secondary N) is 1. The Bertz CT molecular complexity index is 748. The molecule has 100 valence electrons. The van der Waals surface area contributed by atoms with E-state index >= 15 is 0 Å². The summed E-state index contributed by atoms with van der Waals surface area (Å²) in [6, 6.07) is 14.7. The molecular weight excluding hydrogens is 312 g/mol. The van der Waals surface area contributed by atoms with Gasteiger partial charge in [0.15, 0.2) is 0 Å². The summed E-state index contributed by atoms with van der Waals surface area (Å²) in [5.41, 5.74) is 3.64. The third kappa shape index (κ3) is 2.68. The molecule has 0 unspecified atom stereocenters. The highest BCUT2D eigenvalue weighted by atomic mass is 79.9. The van der Waals surface area contributed by atoms with Crippen molar-refractivity contribution in [2.45, 2.75) is 13.5 Å². The van der Waals surface area contributed by atoms with E-state index in [1.54, 1.807) is 0 Å². The van der Waals surface area contributed by atoms with Crippen molar-refractivity contribution in [3.8, 4) is 0 Å². The van der Waals surface area contributed by atoms with Gasteiger partial charge in [-0.15, -0.1) is 0 Å². The van der Waals surface area contributed by atoms with Gasteiger partial charge in [-0.05, 0) is 41.6 Å². The van der Waals surface area contributed by atoms with Crippen molar-refractivity contribution in [1.82, 2.24) is 4.98 Å². The summed E-state index contributed by atoms with van der Waals surface area (Å²) in [7, 11) is 0. The van der Waals surface area contributed by atoms with E-state index in [1.165, 1.54) is 21.9 Å². The first-order chi connectivity index (χ1) is 9.74. The number of halogens is 1. The number of hydrogen-bond donors (Lipinski definition) is 1. The van der Waals surface area contributed by atoms with E-state index in [0.29, 0.717) is 0 Å². The van der Waals surface area contributed by atoms with Crippen molar-refractivity contribution in [1.29, 1.82) is 0 Å². The molecule has 3 rings (SSSR count). The van der Waals surface area contributed by atoms with Gasteiger partial charge in [0.25, 0.3) is 0 Å². The number of nitrogens with zero attached hydrogens (tertiary/aromatic N) is 1. The fraction of sp³-hybridized carbons (Fsp3) is 0.118. The molecule has 0 saturated heterocycles. The van der Waals surface area contributed by atoms with Crippen LogP contribution in [0.5, 0.6) is 0 Å². The van der Waals surface area contributed by atoms with Gasteiger partial charge < -0.3 is 5.32 Å². The van der Waals surface area contributed by atoms with E-state index in [1.807, 2.05) is 12.4 Å². The van der Waals surface area contributed by atoms with E-state index in [-0.39, 0.29) is 0 Å². The quantitative estimate of drug-likeness (QED) is 0.739. The van der Waals surface area contributed by atoms with Gasteiger partial charge in [0.05, 0.1) is 0 Å². The van der Waals surface area contributed by atoms with Gasteiger partial charge in [-0.25, -0.2) is 0 Å². The zero-order chi connectivity index (χ0) is 13.9. The lowest BCUT2D eigenvalue weighted by atomic mass is 10.1. The van der Waals surface area contributed by atoms with Crippen LogP contribution in [0.4, 0.5) is 5.69 Å². The monoisotopic (exact) mass is 326 g/mol. The van der Waals surface area contributed by atoms with Crippen LogP contribution in [-0.4, -0.2) is 4.98 Å². The van der Waals surface area contributed by atoms with Gasteiger partial charge in [0.1, 0.15) is 0 Å². The Morgan fingerprint density at radius 1 is 1.15 bits per heavy atom.